The molecule has 116 valence electrons. The van der Waals surface area contributed by atoms with Crippen LogP contribution in [0.3, 0.4) is 0 Å². The van der Waals surface area contributed by atoms with E-state index in [0.29, 0.717) is 6.42 Å². The third kappa shape index (κ3) is 15.8. The molecule has 0 unspecified atom stereocenters. The van der Waals surface area contributed by atoms with Crippen molar-refractivity contribution in [3.63, 3.8) is 0 Å². The van der Waals surface area contributed by atoms with Crippen molar-refractivity contribution in [2.45, 2.75) is 103 Å². The predicted octanol–water partition coefficient (Wildman–Crippen LogP) is 5.80. The van der Waals surface area contributed by atoms with Gasteiger partial charge in [-0.15, -0.1) is 0 Å². The molecule has 1 atom stereocenters. The van der Waals surface area contributed by atoms with E-state index in [1.807, 2.05) is 0 Å². The Labute approximate surface area is 120 Å². The summed E-state index contributed by atoms with van der Waals surface area (Å²) < 4.78 is 13.4. The highest BCUT2D eigenvalue weighted by atomic mass is 19.1. The molecular formula is C17H35FO. The van der Waals surface area contributed by atoms with Crippen LogP contribution in [0.25, 0.3) is 0 Å². The lowest BCUT2D eigenvalue weighted by Crippen LogP contribution is -2.00. The standard InChI is InChI=1S/C17H35FO/c1-2-3-4-5-6-7-8-9-10-11-14-17(18)15-12-13-16-19/h17,19H,2-16H2,1H3/t17-/m0/s1. The molecule has 0 aliphatic heterocycles. The molecule has 2 heteroatoms. The number of hydrogen-bond donors (Lipinski definition) is 1. The third-order valence-corrected chi connectivity index (χ3v) is 3.80. The fourth-order valence-electron chi connectivity index (χ4n) is 2.48. The molecule has 0 spiro atoms. The van der Waals surface area contributed by atoms with Gasteiger partial charge in [0.05, 0.1) is 0 Å². The Kier molecular flexibility index (Phi) is 15.9. The molecule has 0 heterocycles. The summed E-state index contributed by atoms with van der Waals surface area (Å²) in [5, 5.41) is 8.62. The van der Waals surface area contributed by atoms with E-state index in [9.17, 15) is 4.39 Å². The van der Waals surface area contributed by atoms with Gasteiger partial charge in [-0.05, 0) is 25.7 Å². The number of hydrogen-bond acceptors (Lipinski definition) is 1. The Bertz CT molecular complexity index is 161. The van der Waals surface area contributed by atoms with Crippen molar-refractivity contribution < 1.29 is 9.50 Å². The van der Waals surface area contributed by atoms with E-state index in [1.54, 1.807) is 0 Å². The first-order chi connectivity index (χ1) is 9.31. The monoisotopic (exact) mass is 274 g/mol. The summed E-state index contributed by atoms with van der Waals surface area (Å²) in [7, 11) is 0. The van der Waals surface area contributed by atoms with Gasteiger partial charge in [0.1, 0.15) is 6.17 Å². The fourth-order valence-corrected chi connectivity index (χ4v) is 2.48. The maximum absolute atomic E-state index is 13.4. The Morgan fingerprint density at radius 1 is 0.684 bits per heavy atom. The topological polar surface area (TPSA) is 20.2 Å². The first-order valence-electron chi connectivity index (χ1n) is 8.56. The van der Waals surface area contributed by atoms with Crippen molar-refractivity contribution in [2.75, 3.05) is 6.61 Å². The van der Waals surface area contributed by atoms with Gasteiger partial charge in [-0.3, -0.25) is 0 Å². The average Bonchev–Trinajstić information content (AvgIpc) is 2.41. The van der Waals surface area contributed by atoms with Crippen LogP contribution in [-0.2, 0) is 0 Å². The van der Waals surface area contributed by atoms with Gasteiger partial charge in [-0.25, -0.2) is 4.39 Å². The molecule has 0 aliphatic carbocycles. The number of rotatable bonds is 15. The van der Waals surface area contributed by atoms with Crippen LogP contribution in [0.15, 0.2) is 0 Å². The smallest absolute Gasteiger partial charge is 0.100 e. The average molecular weight is 274 g/mol. The molecule has 0 bridgehead atoms. The molecule has 0 saturated heterocycles. The molecule has 0 fully saturated rings. The zero-order valence-electron chi connectivity index (χ0n) is 13.0. The van der Waals surface area contributed by atoms with Crippen LogP contribution in [0.2, 0.25) is 0 Å². The van der Waals surface area contributed by atoms with Gasteiger partial charge >= 0.3 is 0 Å². The zero-order chi connectivity index (χ0) is 14.2. The lowest BCUT2D eigenvalue weighted by Gasteiger charge is -2.07. The van der Waals surface area contributed by atoms with Gasteiger partial charge in [0.25, 0.3) is 0 Å². The molecule has 0 rings (SSSR count). The molecule has 0 aliphatic rings. The molecule has 0 saturated carbocycles. The maximum atomic E-state index is 13.4. The number of unbranched alkanes of at least 4 members (excludes halogenated alkanes) is 10. The second-order valence-electron chi connectivity index (χ2n) is 5.79. The lowest BCUT2D eigenvalue weighted by molar-refractivity contribution is 0.251. The molecule has 1 N–H and O–H groups in total. The van der Waals surface area contributed by atoms with Gasteiger partial charge in [0.2, 0.25) is 0 Å². The minimum atomic E-state index is -0.638. The SMILES string of the molecule is CCCCCCCCCCCC[C@H](F)CCCCO. The molecule has 19 heavy (non-hydrogen) atoms. The summed E-state index contributed by atoms with van der Waals surface area (Å²) in [6, 6.07) is 0. The minimum absolute atomic E-state index is 0.199. The van der Waals surface area contributed by atoms with Crippen molar-refractivity contribution in [3.05, 3.63) is 0 Å². The molecule has 0 amide bonds. The van der Waals surface area contributed by atoms with Gasteiger partial charge in [-0.1, -0.05) is 71.1 Å². The van der Waals surface area contributed by atoms with Crippen LogP contribution in [0.5, 0.6) is 0 Å². The van der Waals surface area contributed by atoms with Crippen LogP contribution in [0.1, 0.15) is 96.8 Å². The molecule has 0 aromatic rings. The highest BCUT2D eigenvalue weighted by molar-refractivity contribution is 4.57. The quantitative estimate of drug-likeness (QED) is 0.374. The zero-order valence-corrected chi connectivity index (χ0v) is 13.0. The van der Waals surface area contributed by atoms with E-state index in [0.717, 1.165) is 25.7 Å². The van der Waals surface area contributed by atoms with Crippen molar-refractivity contribution in [1.82, 2.24) is 0 Å². The van der Waals surface area contributed by atoms with E-state index >= 15 is 0 Å². The maximum Gasteiger partial charge on any atom is 0.100 e. The minimum Gasteiger partial charge on any atom is -0.396 e. The Morgan fingerprint density at radius 3 is 1.58 bits per heavy atom. The lowest BCUT2D eigenvalue weighted by atomic mass is 10.0. The van der Waals surface area contributed by atoms with Gasteiger partial charge in [-0.2, -0.15) is 0 Å². The molecule has 0 aromatic heterocycles. The highest BCUT2D eigenvalue weighted by Crippen LogP contribution is 2.15. The number of halogens is 1. The van der Waals surface area contributed by atoms with Crippen molar-refractivity contribution in [1.29, 1.82) is 0 Å². The molecular weight excluding hydrogens is 239 g/mol. The van der Waals surface area contributed by atoms with Crippen molar-refractivity contribution in [3.8, 4) is 0 Å². The third-order valence-electron chi connectivity index (χ3n) is 3.80. The molecule has 0 aromatic carbocycles. The predicted molar refractivity (Wildman–Crippen MR) is 82.3 cm³/mol. The van der Waals surface area contributed by atoms with Crippen LogP contribution in [0, 0.1) is 0 Å². The molecule has 0 radical (unpaired) electrons. The summed E-state index contributed by atoms with van der Waals surface area (Å²) >= 11 is 0. The first kappa shape index (κ1) is 18.9. The van der Waals surface area contributed by atoms with Gasteiger partial charge in [0, 0.05) is 6.61 Å². The Hall–Kier alpha value is -0.110. The van der Waals surface area contributed by atoms with Gasteiger partial charge < -0.3 is 5.11 Å². The second-order valence-corrected chi connectivity index (χ2v) is 5.79. The van der Waals surface area contributed by atoms with Crippen LogP contribution >= 0.6 is 0 Å². The first-order valence-corrected chi connectivity index (χ1v) is 8.56. The summed E-state index contributed by atoms with van der Waals surface area (Å²) in [6.45, 7) is 2.45. The number of aliphatic hydroxyl groups is 1. The Balaban J connectivity index is 3.05. The van der Waals surface area contributed by atoms with Gasteiger partial charge in [0.15, 0.2) is 0 Å². The summed E-state index contributed by atoms with van der Waals surface area (Å²) in [5.74, 6) is 0. The van der Waals surface area contributed by atoms with Crippen LogP contribution < -0.4 is 0 Å². The number of aliphatic hydroxyl groups excluding tert-OH is 1. The highest BCUT2D eigenvalue weighted by Gasteiger charge is 2.05. The summed E-state index contributed by atoms with van der Waals surface area (Å²) in [6.07, 6.45) is 15.4. The molecule has 1 nitrogen and oxygen atoms in total. The largest absolute Gasteiger partial charge is 0.396 e. The van der Waals surface area contributed by atoms with E-state index in [-0.39, 0.29) is 6.61 Å². The van der Waals surface area contributed by atoms with Crippen LogP contribution in [-0.4, -0.2) is 17.9 Å². The van der Waals surface area contributed by atoms with E-state index in [1.165, 1.54) is 57.8 Å². The Morgan fingerprint density at radius 2 is 1.11 bits per heavy atom. The van der Waals surface area contributed by atoms with E-state index in [4.69, 9.17) is 5.11 Å². The van der Waals surface area contributed by atoms with Crippen molar-refractivity contribution >= 4 is 0 Å². The van der Waals surface area contributed by atoms with Crippen LogP contribution in [0.4, 0.5) is 4.39 Å². The second kappa shape index (κ2) is 15.9. The fraction of sp³-hybridized carbons (Fsp3) is 1.00. The van der Waals surface area contributed by atoms with E-state index in [2.05, 4.69) is 6.92 Å². The normalized spacial score (nSPS) is 12.8. The van der Waals surface area contributed by atoms with Crippen molar-refractivity contribution in [2.24, 2.45) is 0 Å². The summed E-state index contributed by atoms with van der Waals surface area (Å²) in [5.41, 5.74) is 0. The summed E-state index contributed by atoms with van der Waals surface area (Å²) in [4.78, 5) is 0. The van der Waals surface area contributed by atoms with E-state index < -0.39 is 6.17 Å². The number of alkyl halides is 1.